The fourth-order valence-corrected chi connectivity index (χ4v) is 2.73. The Balaban J connectivity index is 0.00000243. The minimum absolute atomic E-state index is 0. The third-order valence-electron chi connectivity index (χ3n) is 3.70. The Morgan fingerprint density at radius 2 is 1.65 bits per heavy atom. The number of nitrogens with one attached hydrogen (secondary N) is 1. The standard InChI is InChI=1S/C20H18Cl2N2O.ClH/c21-18-5-3-15(4-6-18)14-25-20-8-7-19(22)10-17(20)13-24-12-16-2-1-9-23-11-16;/h1-11,24H,12-14H2;1H. The molecule has 0 aliphatic rings. The van der Waals surface area contributed by atoms with Crippen molar-refractivity contribution in [3.05, 3.63) is 93.7 Å². The van der Waals surface area contributed by atoms with Crippen molar-refractivity contribution >= 4 is 35.6 Å². The number of hydrogen-bond donors (Lipinski definition) is 1. The molecule has 0 bridgehead atoms. The summed E-state index contributed by atoms with van der Waals surface area (Å²) in [5.41, 5.74) is 3.21. The van der Waals surface area contributed by atoms with Crippen LogP contribution in [0.5, 0.6) is 5.75 Å². The average molecular weight is 410 g/mol. The van der Waals surface area contributed by atoms with Crippen LogP contribution >= 0.6 is 35.6 Å². The summed E-state index contributed by atoms with van der Waals surface area (Å²) < 4.78 is 5.97. The molecular formula is C20H19Cl3N2O. The van der Waals surface area contributed by atoms with Gasteiger partial charge in [0.2, 0.25) is 0 Å². The summed E-state index contributed by atoms with van der Waals surface area (Å²) >= 11 is 12.1. The Morgan fingerprint density at radius 1 is 0.885 bits per heavy atom. The molecule has 6 heteroatoms. The number of aromatic nitrogens is 1. The van der Waals surface area contributed by atoms with Gasteiger partial charge in [-0.1, -0.05) is 41.4 Å². The van der Waals surface area contributed by atoms with Gasteiger partial charge in [0, 0.05) is 41.1 Å². The van der Waals surface area contributed by atoms with E-state index in [4.69, 9.17) is 27.9 Å². The Morgan fingerprint density at radius 3 is 2.38 bits per heavy atom. The monoisotopic (exact) mass is 408 g/mol. The predicted molar refractivity (Wildman–Crippen MR) is 109 cm³/mol. The van der Waals surface area contributed by atoms with Crippen LogP contribution in [0.2, 0.25) is 10.0 Å². The Labute approximate surface area is 169 Å². The normalized spacial score (nSPS) is 10.2. The van der Waals surface area contributed by atoms with E-state index in [1.165, 1.54) is 0 Å². The van der Waals surface area contributed by atoms with Gasteiger partial charge in [0.15, 0.2) is 0 Å². The van der Waals surface area contributed by atoms with Gasteiger partial charge >= 0.3 is 0 Å². The maximum Gasteiger partial charge on any atom is 0.124 e. The van der Waals surface area contributed by atoms with Gasteiger partial charge in [-0.2, -0.15) is 0 Å². The van der Waals surface area contributed by atoms with Gasteiger partial charge < -0.3 is 10.1 Å². The molecule has 1 aromatic heterocycles. The zero-order valence-corrected chi connectivity index (χ0v) is 16.3. The third-order valence-corrected chi connectivity index (χ3v) is 4.18. The molecule has 3 aromatic rings. The number of halogens is 3. The highest BCUT2D eigenvalue weighted by Crippen LogP contribution is 2.24. The lowest BCUT2D eigenvalue weighted by Gasteiger charge is -2.13. The molecule has 26 heavy (non-hydrogen) atoms. The van der Waals surface area contributed by atoms with Crippen LogP contribution in [0, 0.1) is 0 Å². The van der Waals surface area contributed by atoms with E-state index in [2.05, 4.69) is 10.3 Å². The molecule has 136 valence electrons. The van der Waals surface area contributed by atoms with Gasteiger partial charge in [0.05, 0.1) is 0 Å². The third kappa shape index (κ3) is 6.19. The molecule has 1 heterocycles. The van der Waals surface area contributed by atoms with Gasteiger partial charge in [-0.05, 0) is 47.5 Å². The van der Waals surface area contributed by atoms with Crippen molar-refractivity contribution in [3.8, 4) is 5.75 Å². The fourth-order valence-electron chi connectivity index (χ4n) is 2.41. The van der Waals surface area contributed by atoms with Crippen LogP contribution in [0.3, 0.4) is 0 Å². The molecule has 0 unspecified atom stereocenters. The quantitative estimate of drug-likeness (QED) is 0.545. The fraction of sp³-hybridized carbons (Fsp3) is 0.150. The van der Waals surface area contributed by atoms with E-state index in [9.17, 15) is 0 Å². The molecule has 0 saturated carbocycles. The zero-order valence-electron chi connectivity index (χ0n) is 14.0. The summed E-state index contributed by atoms with van der Waals surface area (Å²) in [7, 11) is 0. The molecule has 0 amide bonds. The first-order chi connectivity index (χ1) is 12.2. The van der Waals surface area contributed by atoms with Crippen LogP contribution in [0.25, 0.3) is 0 Å². The summed E-state index contributed by atoms with van der Waals surface area (Å²) in [6.45, 7) is 1.87. The molecule has 0 saturated heterocycles. The van der Waals surface area contributed by atoms with E-state index in [0.29, 0.717) is 18.2 Å². The zero-order chi connectivity index (χ0) is 17.5. The molecule has 0 radical (unpaired) electrons. The van der Waals surface area contributed by atoms with Crippen LogP contribution in [0.4, 0.5) is 0 Å². The lowest BCUT2D eigenvalue weighted by atomic mass is 10.2. The van der Waals surface area contributed by atoms with E-state index in [0.717, 1.165) is 34.0 Å². The number of pyridine rings is 1. The first-order valence-electron chi connectivity index (χ1n) is 7.96. The smallest absolute Gasteiger partial charge is 0.124 e. The summed E-state index contributed by atoms with van der Waals surface area (Å²) in [6, 6.07) is 17.3. The number of hydrogen-bond acceptors (Lipinski definition) is 3. The Kier molecular flexibility index (Phi) is 8.20. The number of rotatable bonds is 7. The van der Waals surface area contributed by atoms with Crippen molar-refractivity contribution in [2.24, 2.45) is 0 Å². The topological polar surface area (TPSA) is 34.1 Å². The van der Waals surface area contributed by atoms with E-state index >= 15 is 0 Å². The van der Waals surface area contributed by atoms with Crippen LogP contribution in [-0.2, 0) is 19.7 Å². The van der Waals surface area contributed by atoms with E-state index in [1.54, 1.807) is 6.20 Å². The molecule has 0 aliphatic heterocycles. The minimum Gasteiger partial charge on any atom is -0.489 e. The minimum atomic E-state index is 0. The molecule has 3 nitrogen and oxygen atoms in total. The summed E-state index contributed by atoms with van der Waals surface area (Å²) in [5, 5.41) is 4.80. The molecule has 0 spiro atoms. The first-order valence-corrected chi connectivity index (χ1v) is 8.71. The van der Waals surface area contributed by atoms with Gasteiger partial charge in [0.25, 0.3) is 0 Å². The molecule has 0 aliphatic carbocycles. The molecule has 2 aromatic carbocycles. The van der Waals surface area contributed by atoms with Crippen LogP contribution in [0.1, 0.15) is 16.7 Å². The number of benzene rings is 2. The average Bonchev–Trinajstić information content (AvgIpc) is 2.63. The summed E-state index contributed by atoms with van der Waals surface area (Å²) in [6.07, 6.45) is 3.62. The second-order valence-corrected chi connectivity index (χ2v) is 6.50. The lowest BCUT2D eigenvalue weighted by Crippen LogP contribution is -2.13. The van der Waals surface area contributed by atoms with Gasteiger partial charge in [0.1, 0.15) is 12.4 Å². The van der Waals surface area contributed by atoms with Gasteiger partial charge in [-0.15, -0.1) is 12.4 Å². The molecular weight excluding hydrogens is 391 g/mol. The lowest BCUT2D eigenvalue weighted by molar-refractivity contribution is 0.302. The number of nitrogens with zero attached hydrogens (tertiary/aromatic N) is 1. The Hall–Kier alpha value is -1.78. The Bertz CT molecular complexity index is 811. The van der Waals surface area contributed by atoms with Crippen molar-refractivity contribution in [1.29, 1.82) is 0 Å². The van der Waals surface area contributed by atoms with Crippen LogP contribution < -0.4 is 10.1 Å². The van der Waals surface area contributed by atoms with Crippen molar-refractivity contribution < 1.29 is 4.74 Å². The number of ether oxygens (including phenoxy) is 1. The van der Waals surface area contributed by atoms with Crippen molar-refractivity contribution in [2.75, 3.05) is 0 Å². The maximum atomic E-state index is 6.14. The van der Waals surface area contributed by atoms with Crippen molar-refractivity contribution in [2.45, 2.75) is 19.7 Å². The second kappa shape index (κ2) is 10.4. The van der Waals surface area contributed by atoms with E-state index in [-0.39, 0.29) is 12.4 Å². The second-order valence-electron chi connectivity index (χ2n) is 5.63. The van der Waals surface area contributed by atoms with Crippen LogP contribution in [0.15, 0.2) is 67.0 Å². The van der Waals surface area contributed by atoms with Gasteiger partial charge in [-0.25, -0.2) is 0 Å². The SMILES string of the molecule is Cl.Clc1ccc(COc2ccc(Cl)cc2CNCc2cccnc2)cc1. The summed E-state index contributed by atoms with van der Waals surface area (Å²) in [5.74, 6) is 0.818. The van der Waals surface area contributed by atoms with Gasteiger partial charge in [-0.3, -0.25) is 4.98 Å². The maximum absolute atomic E-state index is 6.14. The van der Waals surface area contributed by atoms with E-state index in [1.807, 2.05) is 60.8 Å². The summed E-state index contributed by atoms with van der Waals surface area (Å²) in [4.78, 5) is 4.12. The highest BCUT2D eigenvalue weighted by Gasteiger charge is 2.06. The molecule has 1 N–H and O–H groups in total. The highest BCUT2D eigenvalue weighted by molar-refractivity contribution is 6.30. The van der Waals surface area contributed by atoms with Crippen molar-refractivity contribution in [1.82, 2.24) is 10.3 Å². The van der Waals surface area contributed by atoms with Crippen molar-refractivity contribution in [3.63, 3.8) is 0 Å². The van der Waals surface area contributed by atoms with E-state index < -0.39 is 0 Å². The highest BCUT2D eigenvalue weighted by atomic mass is 35.5. The predicted octanol–water partition coefficient (Wildman–Crippen LogP) is 5.68. The molecule has 0 fully saturated rings. The first kappa shape index (κ1) is 20.5. The van der Waals surface area contributed by atoms with Crippen LogP contribution in [-0.4, -0.2) is 4.98 Å². The molecule has 3 rings (SSSR count). The largest absolute Gasteiger partial charge is 0.489 e. The molecule has 0 atom stereocenters.